The van der Waals surface area contributed by atoms with E-state index in [1.807, 2.05) is 0 Å². The zero-order valence-electron chi connectivity index (χ0n) is 18.1. The van der Waals surface area contributed by atoms with Crippen LogP contribution in [0.1, 0.15) is 34.6 Å². The van der Waals surface area contributed by atoms with Gasteiger partial charge in [-0.15, -0.1) is 0 Å². The molecule has 2 heterocycles. The van der Waals surface area contributed by atoms with Gasteiger partial charge in [0.25, 0.3) is 0 Å². The highest BCUT2D eigenvalue weighted by atomic mass is 16.8. The first-order chi connectivity index (χ1) is 15.4. The molecule has 2 fully saturated rings. The summed E-state index contributed by atoms with van der Waals surface area (Å²) in [6, 6.07) is 17.1. The number of ether oxygens (including phenoxy) is 6. The van der Waals surface area contributed by atoms with Crippen molar-refractivity contribution >= 4 is 11.9 Å². The van der Waals surface area contributed by atoms with Crippen LogP contribution in [-0.2, 0) is 28.4 Å². The number of carbonyl (C=O) groups is 2. The van der Waals surface area contributed by atoms with Gasteiger partial charge in [-0.2, -0.15) is 0 Å². The van der Waals surface area contributed by atoms with Gasteiger partial charge in [0.15, 0.2) is 24.3 Å². The van der Waals surface area contributed by atoms with Crippen molar-refractivity contribution in [2.24, 2.45) is 0 Å². The topological polar surface area (TPSA) is 89.5 Å². The van der Waals surface area contributed by atoms with E-state index in [1.54, 1.807) is 74.5 Å². The molecule has 0 spiro atoms. The molecule has 2 saturated heterocycles. The molecule has 2 aromatic carbocycles. The molecule has 8 heteroatoms. The fourth-order valence-electron chi connectivity index (χ4n) is 3.89. The molecular formula is C24H26O8. The van der Waals surface area contributed by atoms with Crippen LogP contribution in [0.2, 0.25) is 0 Å². The van der Waals surface area contributed by atoms with Gasteiger partial charge in [0, 0.05) is 7.11 Å². The first kappa shape index (κ1) is 22.4. The molecule has 0 saturated carbocycles. The standard InChI is InChI=1S/C24H26O8/c1-24(2)31-17-14-28-23(27-3)20(30-22(26)16-12-8-5-9-13-16)19(18(17)32-24)29-21(25)15-10-6-4-7-11-15/h4-13,17-20,23H,14H2,1-3H3/t17-,18-,19+,20-,23-/m1/s1. The molecule has 0 unspecified atom stereocenters. The zero-order valence-corrected chi connectivity index (χ0v) is 18.1. The van der Waals surface area contributed by atoms with Crippen LogP contribution in [0.4, 0.5) is 0 Å². The van der Waals surface area contributed by atoms with Crippen molar-refractivity contribution in [3.05, 3.63) is 71.8 Å². The molecular weight excluding hydrogens is 416 g/mol. The molecule has 2 aromatic rings. The molecule has 0 N–H and O–H groups in total. The normalized spacial score (nSPS) is 28.9. The Hall–Kier alpha value is -2.78. The average Bonchev–Trinajstić information content (AvgIpc) is 3.05. The summed E-state index contributed by atoms with van der Waals surface area (Å²) in [5.41, 5.74) is 0.703. The summed E-state index contributed by atoms with van der Waals surface area (Å²) in [5, 5.41) is 0. The molecule has 5 atom stereocenters. The largest absolute Gasteiger partial charge is 0.452 e. The van der Waals surface area contributed by atoms with E-state index in [0.29, 0.717) is 11.1 Å². The minimum Gasteiger partial charge on any atom is -0.452 e. The highest BCUT2D eigenvalue weighted by Crippen LogP contribution is 2.36. The van der Waals surface area contributed by atoms with Gasteiger partial charge >= 0.3 is 11.9 Å². The Morgan fingerprint density at radius 1 is 0.844 bits per heavy atom. The van der Waals surface area contributed by atoms with Crippen molar-refractivity contribution in [2.45, 2.75) is 50.3 Å². The van der Waals surface area contributed by atoms with Crippen LogP contribution in [0.25, 0.3) is 0 Å². The lowest BCUT2D eigenvalue weighted by atomic mass is 10.0. The maximum atomic E-state index is 12.9. The Balaban J connectivity index is 1.66. The van der Waals surface area contributed by atoms with Gasteiger partial charge in [-0.1, -0.05) is 36.4 Å². The predicted molar refractivity (Wildman–Crippen MR) is 112 cm³/mol. The summed E-state index contributed by atoms with van der Waals surface area (Å²) in [5.74, 6) is -2.11. The lowest BCUT2D eigenvalue weighted by Crippen LogP contribution is -2.51. The molecule has 170 valence electrons. The third kappa shape index (κ3) is 4.83. The second-order valence-electron chi connectivity index (χ2n) is 8.05. The third-order valence-electron chi connectivity index (χ3n) is 5.30. The summed E-state index contributed by atoms with van der Waals surface area (Å²) in [6.45, 7) is 3.64. The summed E-state index contributed by atoms with van der Waals surface area (Å²) in [4.78, 5) is 25.8. The Kier molecular flexibility index (Phi) is 6.57. The maximum Gasteiger partial charge on any atom is 0.338 e. The fourth-order valence-corrected chi connectivity index (χ4v) is 3.89. The van der Waals surface area contributed by atoms with Crippen molar-refractivity contribution in [3.63, 3.8) is 0 Å². The van der Waals surface area contributed by atoms with Crippen molar-refractivity contribution in [1.82, 2.24) is 0 Å². The molecule has 2 aliphatic heterocycles. The highest BCUT2D eigenvalue weighted by Gasteiger charge is 2.55. The van der Waals surface area contributed by atoms with E-state index in [9.17, 15) is 9.59 Å². The number of rotatable bonds is 5. The molecule has 0 bridgehead atoms. The van der Waals surface area contributed by atoms with E-state index in [4.69, 9.17) is 28.4 Å². The quantitative estimate of drug-likeness (QED) is 0.653. The lowest BCUT2D eigenvalue weighted by molar-refractivity contribution is -0.225. The number of fused-ring (bicyclic) bond motifs is 1. The molecule has 0 aliphatic carbocycles. The summed E-state index contributed by atoms with van der Waals surface area (Å²) < 4.78 is 34.9. The van der Waals surface area contributed by atoms with Crippen LogP contribution in [0.5, 0.6) is 0 Å². The fraction of sp³-hybridized carbons (Fsp3) is 0.417. The number of esters is 2. The van der Waals surface area contributed by atoms with Crippen LogP contribution in [-0.4, -0.2) is 62.1 Å². The number of hydrogen-bond acceptors (Lipinski definition) is 8. The Labute approximate surface area is 186 Å². The van der Waals surface area contributed by atoms with Crippen molar-refractivity contribution < 1.29 is 38.0 Å². The van der Waals surface area contributed by atoms with Gasteiger partial charge in [0.1, 0.15) is 12.2 Å². The SMILES string of the molecule is CO[C@@H]1OC[C@H]2OC(C)(C)O[C@H]2[C@H](OC(=O)c2ccccc2)[C@H]1OC(=O)c1ccccc1. The van der Waals surface area contributed by atoms with E-state index < -0.39 is 48.4 Å². The summed E-state index contributed by atoms with van der Waals surface area (Å²) in [7, 11) is 1.43. The maximum absolute atomic E-state index is 12.9. The van der Waals surface area contributed by atoms with Gasteiger partial charge in [0.2, 0.25) is 0 Å². The van der Waals surface area contributed by atoms with Gasteiger partial charge in [-0.25, -0.2) is 9.59 Å². The van der Waals surface area contributed by atoms with E-state index >= 15 is 0 Å². The van der Waals surface area contributed by atoms with Crippen molar-refractivity contribution in [2.75, 3.05) is 13.7 Å². The Morgan fingerprint density at radius 2 is 1.38 bits per heavy atom. The number of carbonyl (C=O) groups excluding carboxylic acids is 2. The molecule has 2 aliphatic rings. The highest BCUT2D eigenvalue weighted by molar-refractivity contribution is 5.90. The van der Waals surface area contributed by atoms with Crippen LogP contribution in [0, 0.1) is 0 Å². The van der Waals surface area contributed by atoms with Crippen LogP contribution in [0.3, 0.4) is 0 Å². The summed E-state index contributed by atoms with van der Waals surface area (Å²) >= 11 is 0. The van der Waals surface area contributed by atoms with Crippen LogP contribution < -0.4 is 0 Å². The second-order valence-corrected chi connectivity index (χ2v) is 8.05. The van der Waals surface area contributed by atoms with Gasteiger partial charge < -0.3 is 28.4 Å². The average molecular weight is 442 g/mol. The van der Waals surface area contributed by atoms with Crippen LogP contribution >= 0.6 is 0 Å². The number of benzene rings is 2. The Morgan fingerprint density at radius 3 is 1.91 bits per heavy atom. The predicted octanol–water partition coefficient (Wildman–Crippen LogP) is 2.96. The minimum atomic E-state index is -1.09. The Bertz CT molecular complexity index is 930. The first-order valence-electron chi connectivity index (χ1n) is 10.4. The smallest absolute Gasteiger partial charge is 0.338 e. The minimum absolute atomic E-state index is 0.116. The second kappa shape index (κ2) is 9.38. The zero-order chi connectivity index (χ0) is 22.7. The van der Waals surface area contributed by atoms with E-state index in [0.717, 1.165) is 0 Å². The molecule has 0 aromatic heterocycles. The van der Waals surface area contributed by atoms with Crippen molar-refractivity contribution in [1.29, 1.82) is 0 Å². The van der Waals surface area contributed by atoms with Crippen molar-refractivity contribution in [3.8, 4) is 0 Å². The summed E-state index contributed by atoms with van der Waals surface area (Å²) in [6.07, 6.45) is -4.39. The molecule has 0 radical (unpaired) electrons. The van der Waals surface area contributed by atoms with Crippen LogP contribution in [0.15, 0.2) is 60.7 Å². The number of hydrogen-bond donors (Lipinski definition) is 0. The molecule has 4 rings (SSSR count). The third-order valence-corrected chi connectivity index (χ3v) is 5.30. The van der Waals surface area contributed by atoms with E-state index in [1.165, 1.54) is 7.11 Å². The molecule has 32 heavy (non-hydrogen) atoms. The monoisotopic (exact) mass is 442 g/mol. The lowest BCUT2D eigenvalue weighted by Gasteiger charge is -2.32. The van der Waals surface area contributed by atoms with E-state index in [-0.39, 0.29) is 6.61 Å². The van der Waals surface area contributed by atoms with E-state index in [2.05, 4.69) is 0 Å². The first-order valence-corrected chi connectivity index (χ1v) is 10.4. The van der Waals surface area contributed by atoms with Gasteiger partial charge in [0.05, 0.1) is 17.7 Å². The number of methoxy groups -OCH3 is 1. The van der Waals surface area contributed by atoms with Gasteiger partial charge in [-0.05, 0) is 38.1 Å². The molecule has 0 amide bonds. The molecule has 8 nitrogen and oxygen atoms in total. The van der Waals surface area contributed by atoms with Gasteiger partial charge in [-0.3, -0.25) is 0 Å².